The van der Waals surface area contributed by atoms with E-state index < -0.39 is 17.1 Å². The average molecular weight is 421 g/mol. The number of benzene rings is 1. The van der Waals surface area contributed by atoms with E-state index in [-0.39, 0.29) is 28.3 Å². The predicted octanol–water partition coefficient (Wildman–Crippen LogP) is 1.41. The minimum absolute atomic E-state index is 0.0343. The Bertz CT molecular complexity index is 1160. The number of aromatic amines is 1. The van der Waals surface area contributed by atoms with E-state index in [2.05, 4.69) is 26.7 Å². The second kappa shape index (κ2) is 7.64. The molecule has 1 aromatic carbocycles. The van der Waals surface area contributed by atoms with Gasteiger partial charge < -0.3 is 9.80 Å². The first kappa shape index (κ1) is 19.7. The number of imidazole rings is 1. The maximum atomic E-state index is 14.5. The monoisotopic (exact) mass is 420 g/mol. The number of rotatable bonds is 4. The molecular weight excluding hydrogens is 399 g/mol. The van der Waals surface area contributed by atoms with Gasteiger partial charge in [-0.05, 0) is 18.7 Å². The van der Waals surface area contributed by atoms with Gasteiger partial charge in [0.25, 0.3) is 5.56 Å². The molecule has 0 aliphatic carbocycles. The number of fused-ring (bicyclic) bond motifs is 1. The van der Waals surface area contributed by atoms with E-state index in [1.54, 1.807) is 17.7 Å². The molecule has 0 radical (unpaired) electrons. The van der Waals surface area contributed by atoms with Crippen molar-refractivity contribution in [2.45, 2.75) is 13.5 Å². The number of halogens is 2. The Hall–Kier alpha value is -2.65. The fraction of sp³-hybridized carbons (Fsp3) is 0.421. The van der Waals surface area contributed by atoms with Crippen LogP contribution < -0.4 is 16.1 Å². The summed E-state index contributed by atoms with van der Waals surface area (Å²) in [6.07, 6.45) is 0. The summed E-state index contributed by atoms with van der Waals surface area (Å²) < 4.78 is 17.4. The van der Waals surface area contributed by atoms with Crippen molar-refractivity contribution in [3.63, 3.8) is 0 Å². The highest BCUT2D eigenvalue weighted by atomic mass is 35.5. The smallest absolute Gasteiger partial charge is 0.329 e. The number of nitrogens with zero attached hydrogens (tertiary/aromatic N) is 5. The summed E-state index contributed by atoms with van der Waals surface area (Å²) in [5.74, 6) is 0.0733. The Kier molecular flexibility index (Phi) is 5.18. The summed E-state index contributed by atoms with van der Waals surface area (Å²) in [5, 5.41) is 0.273. The van der Waals surface area contributed by atoms with E-state index in [0.29, 0.717) is 19.0 Å². The zero-order valence-corrected chi connectivity index (χ0v) is 17.0. The lowest BCUT2D eigenvalue weighted by Crippen LogP contribution is -2.47. The molecule has 0 bridgehead atoms. The van der Waals surface area contributed by atoms with Gasteiger partial charge in [0.05, 0.1) is 6.54 Å². The molecule has 0 saturated carbocycles. The van der Waals surface area contributed by atoms with Crippen LogP contribution in [0.4, 0.5) is 10.3 Å². The van der Waals surface area contributed by atoms with Crippen molar-refractivity contribution in [3.05, 3.63) is 55.4 Å². The van der Waals surface area contributed by atoms with E-state index >= 15 is 0 Å². The normalized spacial score (nSPS) is 15.4. The van der Waals surface area contributed by atoms with Crippen molar-refractivity contribution >= 4 is 28.7 Å². The summed E-state index contributed by atoms with van der Waals surface area (Å²) in [7, 11) is 1.55. The highest BCUT2D eigenvalue weighted by molar-refractivity contribution is 6.31. The standard InChI is InChI=1S/C19H22ClFN6O2/c1-3-25-7-9-26(10-8-25)18-22-16-15(17(28)23-19(29)24(16)2)27(18)11-12-13(20)5-4-6-14(12)21/h4-6H,3,7-11H2,1-2H3,(H,23,28,29). The van der Waals surface area contributed by atoms with Gasteiger partial charge in [0, 0.05) is 43.8 Å². The second-order valence-corrected chi connectivity index (χ2v) is 7.52. The number of aryl methyl sites for hydroxylation is 1. The van der Waals surface area contributed by atoms with Crippen LogP contribution in [0, 0.1) is 5.82 Å². The lowest BCUT2D eigenvalue weighted by atomic mass is 10.2. The van der Waals surface area contributed by atoms with Gasteiger partial charge in [0.15, 0.2) is 11.2 Å². The van der Waals surface area contributed by atoms with Gasteiger partial charge in [-0.3, -0.25) is 18.9 Å². The molecular formula is C19H22ClFN6O2. The van der Waals surface area contributed by atoms with Crippen LogP contribution in [-0.4, -0.2) is 56.7 Å². The van der Waals surface area contributed by atoms with Crippen molar-refractivity contribution in [3.8, 4) is 0 Å². The molecule has 1 N–H and O–H groups in total. The molecule has 10 heteroatoms. The van der Waals surface area contributed by atoms with Crippen LogP contribution in [0.5, 0.6) is 0 Å². The maximum absolute atomic E-state index is 14.5. The average Bonchev–Trinajstić information content (AvgIpc) is 3.09. The number of hydrogen-bond donors (Lipinski definition) is 1. The molecule has 1 aliphatic heterocycles. The minimum atomic E-state index is -0.554. The van der Waals surface area contributed by atoms with Crippen molar-refractivity contribution in [1.29, 1.82) is 0 Å². The topological polar surface area (TPSA) is 79.2 Å². The molecule has 0 amide bonds. The van der Waals surface area contributed by atoms with E-state index in [1.807, 2.05) is 0 Å². The van der Waals surface area contributed by atoms with Crippen molar-refractivity contribution in [2.24, 2.45) is 7.05 Å². The van der Waals surface area contributed by atoms with Gasteiger partial charge >= 0.3 is 5.69 Å². The van der Waals surface area contributed by atoms with E-state index in [1.165, 1.54) is 16.7 Å². The third kappa shape index (κ3) is 3.44. The Balaban J connectivity index is 1.89. The molecule has 1 saturated heterocycles. The van der Waals surface area contributed by atoms with Gasteiger partial charge in [0.2, 0.25) is 5.95 Å². The number of likely N-dealkylation sites (N-methyl/N-ethyl adjacent to an activating group) is 1. The molecule has 1 fully saturated rings. The number of anilines is 1. The summed E-state index contributed by atoms with van der Waals surface area (Å²) in [6.45, 7) is 6.25. The van der Waals surface area contributed by atoms with E-state index in [9.17, 15) is 14.0 Å². The largest absolute Gasteiger partial charge is 0.340 e. The van der Waals surface area contributed by atoms with Crippen LogP contribution in [0.15, 0.2) is 27.8 Å². The van der Waals surface area contributed by atoms with Gasteiger partial charge in [0.1, 0.15) is 5.82 Å². The van der Waals surface area contributed by atoms with Crippen LogP contribution in [0.3, 0.4) is 0 Å². The molecule has 0 spiro atoms. The van der Waals surface area contributed by atoms with Crippen LogP contribution in [0.1, 0.15) is 12.5 Å². The van der Waals surface area contributed by atoms with Crippen LogP contribution >= 0.6 is 11.6 Å². The molecule has 29 heavy (non-hydrogen) atoms. The van der Waals surface area contributed by atoms with Crippen molar-refractivity contribution in [2.75, 3.05) is 37.6 Å². The molecule has 154 valence electrons. The van der Waals surface area contributed by atoms with Crippen LogP contribution in [0.25, 0.3) is 11.2 Å². The SMILES string of the molecule is CCN1CCN(c2nc3c(c(=O)[nH]c(=O)n3C)n2Cc2c(F)cccc2Cl)CC1. The first-order chi connectivity index (χ1) is 13.9. The maximum Gasteiger partial charge on any atom is 0.329 e. The number of piperazine rings is 1. The van der Waals surface area contributed by atoms with Crippen LogP contribution in [0.2, 0.25) is 5.02 Å². The Morgan fingerprint density at radius 2 is 1.93 bits per heavy atom. The third-order valence-corrected chi connectivity index (χ3v) is 5.82. The number of H-pyrrole nitrogens is 1. The predicted molar refractivity (Wildman–Crippen MR) is 110 cm³/mol. The van der Waals surface area contributed by atoms with Crippen molar-refractivity contribution < 1.29 is 4.39 Å². The molecule has 8 nitrogen and oxygen atoms in total. The van der Waals surface area contributed by atoms with Crippen LogP contribution in [-0.2, 0) is 13.6 Å². The zero-order valence-electron chi connectivity index (χ0n) is 16.3. The minimum Gasteiger partial charge on any atom is -0.340 e. The molecule has 1 aliphatic rings. The van der Waals surface area contributed by atoms with Gasteiger partial charge in [-0.2, -0.15) is 4.98 Å². The number of nitrogens with one attached hydrogen (secondary N) is 1. The summed E-state index contributed by atoms with van der Waals surface area (Å²) in [5.41, 5.74) is -0.339. The molecule has 0 unspecified atom stereocenters. The van der Waals surface area contributed by atoms with E-state index in [4.69, 9.17) is 11.6 Å². The number of aromatic nitrogens is 4. The first-order valence-electron chi connectivity index (χ1n) is 9.50. The van der Waals surface area contributed by atoms with Gasteiger partial charge in [-0.1, -0.05) is 24.6 Å². The third-order valence-electron chi connectivity index (χ3n) is 5.47. The highest BCUT2D eigenvalue weighted by Gasteiger charge is 2.25. The van der Waals surface area contributed by atoms with Gasteiger partial charge in [-0.25, -0.2) is 9.18 Å². The molecule has 3 aromatic rings. The number of hydrogen-bond acceptors (Lipinski definition) is 5. The lowest BCUT2D eigenvalue weighted by molar-refractivity contribution is 0.269. The summed E-state index contributed by atoms with van der Waals surface area (Å²) in [6, 6.07) is 4.48. The fourth-order valence-corrected chi connectivity index (χ4v) is 3.94. The highest BCUT2D eigenvalue weighted by Crippen LogP contribution is 2.26. The molecule has 4 rings (SSSR count). The first-order valence-corrected chi connectivity index (χ1v) is 9.88. The summed E-state index contributed by atoms with van der Waals surface area (Å²) in [4.78, 5) is 36.0. The molecule has 2 aromatic heterocycles. The second-order valence-electron chi connectivity index (χ2n) is 7.11. The van der Waals surface area contributed by atoms with E-state index in [0.717, 1.165) is 19.6 Å². The zero-order chi connectivity index (χ0) is 20.7. The Morgan fingerprint density at radius 1 is 1.21 bits per heavy atom. The molecule has 0 atom stereocenters. The Labute approximate surface area is 171 Å². The van der Waals surface area contributed by atoms with Gasteiger partial charge in [-0.15, -0.1) is 0 Å². The fourth-order valence-electron chi connectivity index (χ4n) is 3.72. The van der Waals surface area contributed by atoms with Crippen molar-refractivity contribution in [1.82, 2.24) is 24.0 Å². The summed E-state index contributed by atoms with van der Waals surface area (Å²) >= 11 is 6.23. The quantitative estimate of drug-likeness (QED) is 0.690. The molecule has 3 heterocycles. The Morgan fingerprint density at radius 3 is 2.59 bits per heavy atom. The lowest BCUT2D eigenvalue weighted by Gasteiger charge is -2.34.